The van der Waals surface area contributed by atoms with Crippen molar-refractivity contribution in [2.45, 2.75) is 18.8 Å². The number of hydrogen-bond acceptors (Lipinski definition) is 13. The quantitative estimate of drug-likeness (QED) is 0.112. The van der Waals surface area contributed by atoms with Gasteiger partial charge in [-0.15, -0.1) is 0 Å². The number of nitrogen functional groups attached to an aromatic ring is 1. The van der Waals surface area contributed by atoms with E-state index < -0.39 is 60.6 Å². The van der Waals surface area contributed by atoms with E-state index in [-0.39, 0.29) is 19.0 Å². The van der Waals surface area contributed by atoms with Crippen LogP contribution in [0.1, 0.15) is 0 Å². The molecule has 4 unspecified atom stereocenters. The zero-order valence-corrected chi connectivity index (χ0v) is 20.0. The molecule has 19 nitrogen and oxygen atoms in total. The van der Waals surface area contributed by atoms with Crippen molar-refractivity contribution >= 4 is 29.3 Å². The number of azide groups is 1. The highest BCUT2D eigenvalue weighted by Crippen LogP contribution is 2.67. The molecule has 5 N–H and O–H groups in total. The molecule has 1 saturated heterocycles. The number of ether oxygens (including phenoxy) is 2. The number of aromatic nitrogens is 2. The number of phosphoric acid groups is 3. The van der Waals surface area contributed by atoms with E-state index in [4.69, 9.17) is 25.6 Å². The van der Waals surface area contributed by atoms with Gasteiger partial charge in [0.15, 0.2) is 0 Å². The largest absolute Gasteiger partial charge is 0.490 e. The van der Waals surface area contributed by atoms with Crippen LogP contribution in [0.4, 0.5) is 5.82 Å². The van der Waals surface area contributed by atoms with Gasteiger partial charge >= 0.3 is 29.2 Å². The second kappa shape index (κ2) is 11.8. The minimum absolute atomic E-state index is 0.0123. The van der Waals surface area contributed by atoms with E-state index >= 15 is 0 Å². The summed E-state index contributed by atoms with van der Waals surface area (Å²) < 4.78 is 63.3. The van der Waals surface area contributed by atoms with Crippen molar-refractivity contribution in [3.05, 3.63) is 33.2 Å². The summed E-state index contributed by atoms with van der Waals surface area (Å²) >= 11 is 0. The van der Waals surface area contributed by atoms with Gasteiger partial charge in [0.05, 0.1) is 19.3 Å². The maximum absolute atomic E-state index is 12.0. The minimum atomic E-state index is -5.58. The second-order valence-corrected chi connectivity index (χ2v) is 11.2. The molecule has 2 heterocycles. The molecule has 0 saturated carbocycles. The Balaban J connectivity index is 2.08. The molecular formula is C12H21N6O13P3. The van der Waals surface area contributed by atoms with Gasteiger partial charge in [-0.25, -0.2) is 18.5 Å². The van der Waals surface area contributed by atoms with Gasteiger partial charge in [0.2, 0.25) is 0 Å². The molecule has 0 amide bonds. The van der Waals surface area contributed by atoms with E-state index in [1.165, 1.54) is 16.8 Å². The standard InChI is InChI=1S/C12H21N6O13P3/c1-26-32(20,21)30-34(24,25)31-33(22,23)29-6-9-11(28-7-15-17-14)8(5-27-9)4-18-3-2-10(13)16-12(18)19/h2-3,8-9,11H,4-7H2,1H3,(H,20,21)(H,22,23)(H,24,25)(H2,13,16,19)/t8?,9-,11+/m1/s1. The minimum Gasteiger partial charge on any atom is -0.383 e. The number of anilines is 1. The molecule has 2 rings (SSSR count). The van der Waals surface area contributed by atoms with Crippen LogP contribution >= 0.6 is 23.5 Å². The second-order valence-electron chi connectivity index (χ2n) is 6.46. The van der Waals surface area contributed by atoms with Gasteiger partial charge in [0, 0.05) is 30.7 Å². The lowest BCUT2D eigenvalue weighted by molar-refractivity contribution is -0.0380. The zero-order valence-electron chi connectivity index (χ0n) is 17.3. The fourth-order valence-electron chi connectivity index (χ4n) is 2.76. The van der Waals surface area contributed by atoms with Crippen LogP contribution < -0.4 is 11.4 Å². The van der Waals surface area contributed by atoms with E-state index in [2.05, 4.69) is 32.7 Å². The third kappa shape index (κ3) is 8.83. The molecule has 6 atom stereocenters. The highest BCUT2D eigenvalue weighted by molar-refractivity contribution is 7.66. The fourth-order valence-corrected chi connectivity index (χ4v) is 6.03. The van der Waals surface area contributed by atoms with Crippen LogP contribution in [0, 0.1) is 5.92 Å². The molecule has 34 heavy (non-hydrogen) atoms. The molecule has 1 aromatic rings. The van der Waals surface area contributed by atoms with Gasteiger partial charge in [-0.1, -0.05) is 5.11 Å². The van der Waals surface area contributed by atoms with Crippen LogP contribution in [0.2, 0.25) is 0 Å². The Morgan fingerprint density at radius 1 is 1.29 bits per heavy atom. The highest BCUT2D eigenvalue weighted by atomic mass is 31.3. The summed E-state index contributed by atoms with van der Waals surface area (Å²) in [6, 6.07) is 1.39. The average molecular weight is 550 g/mol. The molecule has 192 valence electrons. The van der Waals surface area contributed by atoms with Crippen molar-refractivity contribution in [2.24, 2.45) is 11.0 Å². The first-order chi connectivity index (χ1) is 15.8. The summed E-state index contributed by atoms with van der Waals surface area (Å²) in [5.41, 5.74) is 13.2. The van der Waals surface area contributed by atoms with Gasteiger partial charge in [0.1, 0.15) is 18.7 Å². The fraction of sp³-hybridized carbons (Fsp3) is 0.667. The number of nitrogens with two attached hydrogens (primary N) is 1. The van der Waals surface area contributed by atoms with E-state index in [0.29, 0.717) is 7.11 Å². The highest BCUT2D eigenvalue weighted by Gasteiger charge is 2.44. The van der Waals surface area contributed by atoms with Gasteiger partial charge in [-0.3, -0.25) is 13.6 Å². The Morgan fingerprint density at radius 2 is 1.97 bits per heavy atom. The maximum atomic E-state index is 12.0. The third-order valence-corrected chi connectivity index (χ3v) is 8.35. The van der Waals surface area contributed by atoms with Crippen LogP contribution in [-0.2, 0) is 47.4 Å². The average Bonchev–Trinajstić information content (AvgIpc) is 3.09. The SMILES string of the molecule is COP(=O)(O)OP(=O)(O)OP(=O)(O)OC[C@H]1OCC(Cn2ccc(N)nc2=O)[C@@H]1OCN=[N+]=[N-]. The smallest absolute Gasteiger partial charge is 0.383 e. The Morgan fingerprint density at radius 3 is 2.59 bits per heavy atom. The topological polar surface area (TPSA) is 277 Å². The normalized spacial score (nSPS) is 25.6. The lowest BCUT2D eigenvalue weighted by atomic mass is 10.0. The lowest BCUT2D eigenvalue weighted by Gasteiger charge is -2.24. The lowest BCUT2D eigenvalue weighted by Crippen LogP contribution is -2.37. The van der Waals surface area contributed by atoms with E-state index in [1.807, 2.05) is 0 Å². The molecule has 1 aliphatic heterocycles. The molecule has 0 aliphatic carbocycles. The van der Waals surface area contributed by atoms with Crippen LogP contribution in [0.3, 0.4) is 0 Å². The molecule has 0 aromatic carbocycles. The van der Waals surface area contributed by atoms with Crippen LogP contribution in [-0.4, -0.2) is 63.5 Å². The summed E-state index contributed by atoms with van der Waals surface area (Å²) in [5.74, 6) is -0.544. The Bertz CT molecular complexity index is 1110. The van der Waals surface area contributed by atoms with Crippen molar-refractivity contribution in [1.29, 1.82) is 0 Å². The van der Waals surface area contributed by atoms with Gasteiger partial charge in [0.25, 0.3) is 0 Å². The predicted octanol–water partition coefficient (Wildman–Crippen LogP) is 0.491. The summed E-state index contributed by atoms with van der Waals surface area (Å²) in [5, 5.41) is 3.23. The molecule has 1 aromatic heterocycles. The number of phosphoric ester groups is 2. The summed E-state index contributed by atoms with van der Waals surface area (Å²) in [6.07, 6.45) is -0.659. The summed E-state index contributed by atoms with van der Waals surface area (Å²) in [4.78, 5) is 46.3. The molecular weight excluding hydrogens is 529 g/mol. The maximum Gasteiger partial charge on any atom is 0.490 e. The van der Waals surface area contributed by atoms with E-state index in [9.17, 15) is 28.3 Å². The summed E-state index contributed by atoms with van der Waals surface area (Å²) in [7, 11) is -15.3. The molecule has 1 aliphatic rings. The Kier molecular flexibility index (Phi) is 9.94. The van der Waals surface area contributed by atoms with Crippen molar-refractivity contribution in [3.63, 3.8) is 0 Å². The van der Waals surface area contributed by atoms with E-state index in [0.717, 1.165) is 0 Å². The van der Waals surface area contributed by atoms with Crippen LogP contribution in [0.15, 0.2) is 22.2 Å². The molecule has 0 bridgehead atoms. The Labute approximate surface area is 190 Å². The van der Waals surface area contributed by atoms with Gasteiger partial charge < -0.3 is 29.9 Å². The Hall–Kier alpha value is -1.68. The van der Waals surface area contributed by atoms with Crippen molar-refractivity contribution in [1.82, 2.24) is 9.55 Å². The van der Waals surface area contributed by atoms with Crippen molar-refractivity contribution in [3.8, 4) is 0 Å². The zero-order chi connectivity index (χ0) is 25.6. The van der Waals surface area contributed by atoms with E-state index in [1.54, 1.807) is 0 Å². The first-order valence-corrected chi connectivity index (χ1v) is 13.4. The molecule has 1 fully saturated rings. The van der Waals surface area contributed by atoms with Crippen LogP contribution in [0.5, 0.6) is 0 Å². The predicted molar refractivity (Wildman–Crippen MR) is 110 cm³/mol. The first kappa shape index (κ1) is 28.6. The van der Waals surface area contributed by atoms with Crippen LogP contribution in [0.25, 0.3) is 10.4 Å². The number of rotatable bonds is 13. The molecule has 22 heteroatoms. The summed E-state index contributed by atoms with van der Waals surface area (Å²) in [6.45, 7) is -1.23. The van der Waals surface area contributed by atoms with Crippen molar-refractivity contribution < 1.29 is 55.5 Å². The monoisotopic (exact) mass is 550 g/mol. The molecule has 0 spiro atoms. The molecule has 0 radical (unpaired) electrons. The number of hydrogen-bond donors (Lipinski definition) is 4. The first-order valence-electron chi connectivity index (χ1n) is 8.96. The number of nitrogens with zero attached hydrogens (tertiary/aromatic N) is 5. The van der Waals surface area contributed by atoms with Gasteiger partial charge in [-0.2, -0.15) is 13.6 Å². The third-order valence-electron chi connectivity index (χ3n) is 4.12. The van der Waals surface area contributed by atoms with Crippen molar-refractivity contribution in [2.75, 3.05) is 32.8 Å². The van der Waals surface area contributed by atoms with Gasteiger partial charge in [-0.05, 0) is 11.6 Å².